The van der Waals surface area contributed by atoms with Crippen LogP contribution in [-0.2, 0) is 11.3 Å². The fraction of sp³-hybridized carbons (Fsp3) is 0.444. The maximum atomic E-state index is 13.7. The molecule has 0 atom stereocenters. The molecule has 1 spiro atoms. The molecule has 0 N–H and O–H groups in total. The highest BCUT2D eigenvalue weighted by Gasteiger charge is 2.45. The van der Waals surface area contributed by atoms with Gasteiger partial charge in [-0.15, -0.1) is 0 Å². The highest BCUT2D eigenvalue weighted by Crippen LogP contribution is 2.52. The number of nitrogens with zero attached hydrogens (tertiary/aromatic N) is 3. The summed E-state index contributed by atoms with van der Waals surface area (Å²) in [4.78, 5) is 10.5. The van der Waals surface area contributed by atoms with Crippen LogP contribution in [0, 0.1) is 0 Å². The van der Waals surface area contributed by atoms with Crippen LogP contribution >= 0.6 is 11.6 Å². The smallest absolute Gasteiger partial charge is 0.287 e. The summed E-state index contributed by atoms with van der Waals surface area (Å²) >= 11 is 6.10. The van der Waals surface area contributed by atoms with Gasteiger partial charge in [-0.1, -0.05) is 30.5 Å². The topological polar surface area (TPSA) is 29.0 Å². The molecule has 1 aliphatic heterocycles. The number of alkyl halides is 2. The van der Waals surface area contributed by atoms with Crippen molar-refractivity contribution in [1.82, 2.24) is 9.97 Å². The van der Waals surface area contributed by atoms with E-state index in [0.717, 1.165) is 32.0 Å². The monoisotopic (exact) mass is 349 g/mol. The average molecular weight is 350 g/mol. The molecule has 2 aliphatic rings. The third-order valence-electron chi connectivity index (χ3n) is 5.19. The van der Waals surface area contributed by atoms with Crippen LogP contribution in [0.2, 0.25) is 5.15 Å². The molecule has 2 aromatic heterocycles. The summed E-state index contributed by atoms with van der Waals surface area (Å²) in [5.41, 5.74) is 1.94. The van der Waals surface area contributed by atoms with E-state index in [1.54, 1.807) is 12.1 Å². The first-order valence-electron chi connectivity index (χ1n) is 8.18. The van der Waals surface area contributed by atoms with E-state index in [1.807, 2.05) is 17.2 Å². The van der Waals surface area contributed by atoms with Crippen molar-refractivity contribution < 1.29 is 8.78 Å². The molecule has 24 heavy (non-hydrogen) atoms. The van der Waals surface area contributed by atoms with Crippen LogP contribution in [0.5, 0.6) is 0 Å². The summed E-state index contributed by atoms with van der Waals surface area (Å²) in [6.07, 6.45) is 6.38. The number of hydrogen-bond donors (Lipinski definition) is 0. The SMILES string of the molecule is CC(F)(F)c1cccc(N2CC3(CCCC3)c3cnc(Cl)cc32)n1. The molecule has 6 heteroatoms. The first-order valence-corrected chi connectivity index (χ1v) is 8.56. The van der Waals surface area contributed by atoms with Crippen molar-refractivity contribution in [1.29, 1.82) is 0 Å². The molecule has 2 aromatic rings. The number of fused-ring (bicyclic) bond motifs is 2. The van der Waals surface area contributed by atoms with Gasteiger partial charge in [-0.3, -0.25) is 0 Å². The van der Waals surface area contributed by atoms with Crippen LogP contribution in [0.1, 0.15) is 43.9 Å². The van der Waals surface area contributed by atoms with E-state index in [4.69, 9.17) is 11.6 Å². The number of rotatable bonds is 2. The van der Waals surface area contributed by atoms with Gasteiger partial charge in [0.05, 0.1) is 5.69 Å². The predicted molar refractivity (Wildman–Crippen MR) is 90.2 cm³/mol. The first-order chi connectivity index (χ1) is 11.4. The molecule has 4 rings (SSSR count). The number of pyridine rings is 2. The number of aromatic nitrogens is 2. The number of anilines is 2. The highest BCUT2D eigenvalue weighted by molar-refractivity contribution is 6.29. The van der Waals surface area contributed by atoms with E-state index in [2.05, 4.69) is 9.97 Å². The molecule has 0 amide bonds. The van der Waals surface area contributed by atoms with Gasteiger partial charge < -0.3 is 4.90 Å². The van der Waals surface area contributed by atoms with Crippen LogP contribution < -0.4 is 4.90 Å². The zero-order valence-electron chi connectivity index (χ0n) is 13.4. The van der Waals surface area contributed by atoms with Gasteiger partial charge in [0.25, 0.3) is 5.92 Å². The Bertz CT molecular complexity index is 782. The van der Waals surface area contributed by atoms with Gasteiger partial charge in [0.15, 0.2) is 0 Å². The van der Waals surface area contributed by atoms with Gasteiger partial charge in [0.2, 0.25) is 0 Å². The molecule has 0 saturated heterocycles. The largest absolute Gasteiger partial charge is 0.325 e. The Morgan fingerprint density at radius 1 is 1.25 bits per heavy atom. The molecule has 3 heterocycles. The number of halogens is 3. The van der Waals surface area contributed by atoms with Crippen molar-refractivity contribution in [2.24, 2.45) is 0 Å². The van der Waals surface area contributed by atoms with Gasteiger partial charge >= 0.3 is 0 Å². The minimum atomic E-state index is -2.96. The van der Waals surface area contributed by atoms with Crippen molar-refractivity contribution in [2.45, 2.75) is 43.9 Å². The van der Waals surface area contributed by atoms with Crippen LogP contribution in [0.25, 0.3) is 0 Å². The lowest BCUT2D eigenvalue weighted by molar-refractivity contribution is 0.0129. The Kier molecular flexibility index (Phi) is 3.53. The third-order valence-corrected chi connectivity index (χ3v) is 5.40. The highest BCUT2D eigenvalue weighted by atomic mass is 35.5. The minimum Gasteiger partial charge on any atom is -0.325 e. The molecular weight excluding hydrogens is 332 g/mol. The summed E-state index contributed by atoms with van der Waals surface area (Å²) in [7, 11) is 0. The van der Waals surface area contributed by atoms with E-state index in [0.29, 0.717) is 11.0 Å². The fourth-order valence-electron chi connectivity index (χ4n) is 4.03. The van der Waals surface area contributed by atoms with Gasteiger partial charge in [-0.2, -0.15) is 8.78 Å². The van der Waals surface area contributed by atoms with E-state index in [-0.39, 0.29) is 11.1 Å². The molecule has 1 fully saturated rings. The summed E-state index contributed by atoms with van der Waals surface area (Å²) in [6.45, 7) is 1.62. The van der Waals surface area contributed by atoms with Gasteiger partial charge in [-0.05, 0) is 31.0 Å². The lowest BCUT2D eigenvalue weighted by Gasteiger charge is -2.25. The lowest BCUT2D eigenvalue weighted by Crippen LogP contribution is -2.29. The molecule has 126 valence electrons. The van der Waals surface area contributed by atoms with Crippen LogP contribution in [0.4, 0.5) is 20.3 Å². The summed E-state index contributed by atoms with van der Waals surface area (Å²) in [5, 5.41) is 0.408. The van der Waals surface area contributed by atoms with Crippen LogP contribution in [0.3, 0.4) is 0 Å². The quantitative estimate of drug-likeness (QED) is 0.697. The zero-order chi connectivity index (χ0) is 16.9. The third kappa shape index (κ3) is 2.46. The second-order valence-corrected chi connectivity index (χ2v) is 7.25. The van der Waals surface area contributed by atoms with E-state index in [9.17, 15) is 8.78 Å². The Balaban J connectivity index is 1.82. The van der Waals surface area contributed by atoms with Crippen molar-refractivity contribution in [3.8, 4) is 0 Å². The molecule has 0 bridgehead atoms. The van der Waals surface area contributed by atoms with E-state index >= 15 is 0 Å². The second-order valence-electron chi connectivity index (χ2n) is 6.87. The van der Waals surface area contributed by atoms with Crippen LogP contribution in [-0.4, -0.2) is 16.5 Å². The summed E-state index contributed by atoms with van der Waals surface area (Å²) < 4.78 is 27.3. The predicted octanol–water partition coefficient (Wildman–Crippen LogP) is 5.21. The van der Waals surface area contributed by atoms with Gasteiger partial charge in [0, 0.05) is 30.6 Å². The minimum absolute atomic E-state index is 0.0410. The lowest BCUT2D eigenvalue weighted by atomic mass is 9.82. The Morgan fingerprint density at radius 2 is 2.00 bits per heavy atom. The van der Waals surface area contributed by atoms with Crippen LogP contribution in [0.15, 0.2) is 30.5 Å². The summed E-state index contributed by atoms with van der Waals surface area (Å²) in [5.74, 6) is -2.42. The molecular formula is C18H18ClF2N3. The van der Waals surface area contributed by atoms with Crippen molar-refractivity contribution in [2.75, 3.05) is 11.4 Å². The normalized spacial score (nSPS) is 19.1. The van der Waals surface area contributed by atoms with Gasteiger partial charge in [-0.25, -0.2) is 9.97 Å². The molecule has 0 aromatic carbocycles. The fourth-order valence-corrected chi connectivity index (χ4v) is 4.18. The Labute approximate surface area is 144 Å². The second kappa shape index (κ2) is 5.38. The van der Waals surface area contributed by atoms with Gasteiger partial charge in [0.1, 0.15) is 16.7 Å². The maximum Gasteiger partial charge on any atom is 0.287 e. The molecule has 0 radical (unpaired) electrons. The summed E-state index contributed by atoms with van der Waals surface area (Å²) in [6, 6.07) is 6.60. The van der Waals surface area contributed by atoms with Crippen molar-refractivity contribution in [3.05, 3.63) is 46.9 Å². The first kappa shape index (κ1) is 15.8. The van der Waals surface area contributed by atoms with E-state index in [1.165, 1.54) is 24.5 Å². The van der Waals surface area contributed by atoms with Crippen molar-refractivity contribution in [3.63, 3.8) is 0 Å². The standard InChI is InChI=1S/C18H18ClF2N3/c1-17(20,21)14-5-4-6-16(23-14)24-11-18(7-2-3-8-18)12-10-22-15(19)9-13(12)24/h4-6,9-10H,2-3,7-8,11H2,1H3. The van der Waals surface area contributed by atoms with Crippen molar-refractivity contribution >= 4 is 23.1 Å². The number of hydrogen-bond acceptors (Lipinski definition) is 3. The molecule has 3 nitrogen and oxygen atoms in total. The molecule has 1 aliphatic carbocycles. The zero-order valence-corrected chi connectivity index (χ0v) is 14.2. The molecule has 0 unspecified atom stereocenters. The Morgan fingerprint density at radius 3 is 2.71 bits per heavy atom. The maximum absolute atomic E-state index is 13.7. The average Bonchev–Trinajstić information content (AvgIpc) is 3.13. The van der Waals surface area contributed by atoms with E-state index < -0.39 is 5.92 Å². The Hall–Kier alpha value is -1.75. The molecule has 1 saturated carbocycles.